The van der Waals surface area contributed by atoms with Crippen molar-refractivity contribution < 1.29 is 14.1 Å². The van der Waals surface area contributed by atoms with Crippen LogP contribution in [0.1, 0.15) is 38.6 Å². The Morgan fingerprint density at radius 3 is 2.56 bits per heavy atom. The molecule has 0 amide bonds. The summed E-state index contributed by atoms with van der Waals surface area (Å²) >= 11 is 0. The molecule has 0 aliphatic heterocycles. The molecule has 86 valence electrons. The Morgan fingerprint density at radius 1 is 1.19 bits per heavy atom. The zero-order valence-electron chi connectivity index (χ0n) is 9.63. The maximum Gasteiger partial charge on any atom is 0.303 e. The molecule has 0 radical (unpaired) electrons. The van der Waals surface area contributed by atoms with Crippen molar-refractivity contribution in [3.63, 3.8) is 0 Å². The van der Waals surface area contributed by atoms with E-state index in [2.05, 4.69) is 4.57 Å². The first-order valence-corrected chi connectivity index (χ1v) is 5.90. The first kappa shape index (κ1) is 11.1. The van der Waals surface area contributed by atoms with Crippen molar-refractivity contribution in [2.75, 3.05) is 0 Å². The summed E-state index contributed by atoms with van der Waals surface area (Å²) in [5.41, 5.74) is 0. The molecule has 1 fully saturated rings. The van der Waals surface area contributed by atoms with Crippen LogP contribution >= 0.6 is 0 Å². The molecule has 3 heteroatoms. The molecule has 1 saturated carbocycles. The van der Waals surface area contributed by atoms with E-state index in [9.17, 15) is 4.79 Å². The molecule has 0 bridgehead atoms. The van der Waals surface area contributed by atoms with Gasteiger partial charge in [0.05, 0.1) is 0 Å². The largest absolute Gasteiger partial charge is 0.455 e. The molecule has 3 nitrogen and oxygen atoms in total. The van der Waals surface area contributed by atoms with Gasteiger partial charge in [0.1, 0.15) is 0 Å². The Morgan fingerprint density at radius 2 is 1.88 bits per heavy atom. The second kappa shape index (κ2) is 5.10. The van der Waals surface area contributed by atoms with E-state index in [1.54, 1.807) is 0 Å². The zero-order valence-corrected chi connectivity index (χ0v) is 9.63. The van der Waals surface area contributed by atoms with Gasteiger partial charge in [-0.15, -0.1) is 0 Å². The first-order chi connectivity index (χ1) is 7.77. The molecule has 2 rings (SSSR count). The third-order valence-electron chi connectivity index (χ3n) is 3.11. The van der Waals surface area contributed by atoms with E-state index < -0.39 is 0 Å². The summed E-state index contributed by atoms with van der Waals surface area (Å²) in [4.78, 5) is 11.1. The lowest BCUT2D eigenvalue weighted by atomic mass is 9.92. The maximum atomic E-state index is 11.1. The molecule has 16 heavy (non-hydrogen) atoms. The van der Waals surface area contributed by atoms with Crippen molar-refractivity contribution in [2.45, 2.75) is 44.8 Å². The van der Waals surface area contributed by atoms with Gasteiger partial charge in [-0.05, 0) is 19.3 Å². The minimum Gasteiger partial charge on any atom is -0.455 e. The van der Waals surface area contributed by atoms with E-state index >= 15 is 0 Å². The van der Waals surface area contributed by atoms with Gasteiger partial charge < -0.3 is 4.74 Å². The van der Waals surface area contributed by atoms with Crippen LogP contribution in [-0.2, 0) is 9.53 Å². The molecular weight excluding hydrogens is 202 g/mol. The fourth-order valence-corrected chi connectivity index (χ4v) is 2.40. The Labute approximate surface area is 96.0 Å². The lowest BCUT2D eigenvalue weighted by molar-refractivity contribution is -0.732. The predicted octanol–water partition coefficient (Wildman–Crippen LogP) is 2.02. The van der Waals surface area contributed by atoms with Gasteiger partial charge in [-0.25, -0.2) is 0 Å². The fraction of sp³-hybridized carbons (Fsp3) is 0.538. The van der Waals surface area contributed by atoms with Crippen molar-refractivity contribution in [3.8, 4) is 0 Å². The highest BCUT2D eigenvalue weighted by Crippen LogP contribution is 2.26. The van der Waals surface area contributed by atoms with E-state index in [1.165, 1.54) is 13.3 Å². The zero-order chi connectivity index (χ0) is 11.4. The number of pyridine rings is 1. The highest BCUT2D eigenvalue weighted by molar-refractivity contribution is 5.66. The molecule has 0 saturated heterocycles. The van der Waals surface area contributed by atoms with Crippen molar-refractivity contribution in [1.29, 1.82) is 0 Å². The fourth-order valence-electron chi connectivity index (χ4n) is 2.40. The molecule has 1 aliphatic carbocycles. The number of ether oxygens (including phenoxy) is 1. The van der Waals surface area contributed by atoms with Crippen LogP contribution in [-0.4, -0.2) is 12.1 Å². The molecule has 1 aromatic rings. The number of hydrogen-bond acceptors (Lipinski definition) is 2. The Hall–Kier alpha value is -1.38. The van der Waals surface area contributed by atoms with Crippen molar-refractivity contribution in [1.82, 2.24) is 0 Å². The monoisotopic (exact) mass is 220 g/mol. The molecule has 1 heterocycles. The lowest BCUT2D eigenvalue weighted by Gasteiger charge is -2.26. The van der Waals surface area contributed by atoms with Gasteiger partial charge >= 0.3 is 5.97 Å². The Bertz CT molecular complexity index is 350. The highest BCUT2D eigenvalue weighted by atomic mass is 16.5. The molecular formula is C13H18NO2+. The minimum atomic E-state index is -0.173. The quantitative estimate of drug-likeness (QED) is 0.564. The lowest BCUT2D eigenvalue weighted by Crippen LogP contribution is -2.48. The van der Waals surface area contributed by atoms with Crippen LogP contribution in [0.4, 0.5) is 0 Å². The summed E-state index contributed by atoms with van der Waals surface area (Å²) in [5.74, 6) is -0.173. The van der Waals surface area contributed by atoms with E-state index in [1.807, 2.05) is 30.6 Å². The number of carbonyl (C=O) groups excluding carboxylic acids is 1. The van der Waals surface area contributed by atoms with Crippen molar-refractivity contribution in [2.24, 2.45) is 0 Å². The summed E-state index contributed by atoms with van der Waals surface area (Å²) in [7, 11) is 0. The summed E-state index contributed by atoms with van der Waals surface area (Å²) in [6.45, 7) is 1.49. The number of rotatable bonds is 2. The first-order valence-electron chi connectivity index (χ1n) is 5.90. The van der Waals surface area contributed by atoms with Gasteiger partial charge in [-0.3, -0.25) is 4.79 Å². The van der Waals surface area contributed by atoms with Crippen LogP contribution in [0.2, 0.25) is 0 Å². The second-order valence-electron chi connectivity index (χ2n) is 4.32. The van der Waals surface area contributed by atoms with E-state index in [0.29, 0.717) is 6.04 Å². The van der Waals surface area contributed by atoms with Crippen LogP contribution in [0, 0.1) is 0 Å². The molecule has 0 spiro atoms. The van der Waals surface area contributed by atoms with E-state index in [0.717, 1.165) is 19.3 Å². The van der Waals surface area contributed by atoms with Gasteiger partial charge in [0.25, 0.3) is 0 Å². The smallest absolute Gasteiger partial charge is 0.303 e. The SMILES string of the molecule is CC(=O)OC1CCCCC1[n+]1ccccc1. The Kier molecular flexibility index (Phi) is 3.54. The third-order valence-corrected chi connectivity index (χ3v) is 3.11. The summed E-state index contributed by atoms with van der Waals surface area (Å²) in [5, 5.41) is 0. The van der Waals surface area contributed by atoms with Gasteiger partial charge in [0.15, 0.2) is 24.5 Å². The molecule has 0 N–H and O–H groups in total. The van der Waals surface area contributed by atoms with Crippen LogP contribution in [0.3, 0.4) is 0 Å². The van der Waals surface area contributed by atoms with Gasteiger partial charge in [-0.1, -0.05) is 6.07 Å². The summed E-state index contributed by atoms with van der Waals surface area (Å²) in [6, 6.07) is 6.33. The molecule has 0 aromatic carbocycles. The minimum absolute atomic E-state index is 0.0404. The van der Waals surface area contributed by atoms with Gasteiger partial charge in [0.2, 0.25) is 0 Å². The maximum absolute atomic E-state index is 11.1. The van der Waals surface area contributed by atoms with Crippen LogP contribution < -0.4 is 4.57 Å². The van der Waals surface area contributed by atoms with Crippen LogP contribution in [0.5, 0.6) is 0 Å². The molecule has 2 unspecified atom stereocenters. The normalized spacial score (nSPS) is 25.1. The molecule has 1 aliphatic rings. The average molecular weight is 220 g/mol. The van der Waals surface area contributed by atoms with E-state index in [4.69, 9.17) is 4.74 Å². The standard InChI is InChI=1S/C13H18NO2/c1-11(15)16-13-8-4-3-7-12(13)14-9-5-2-6-10-14/h2,5-6,9-10,12-13H,3-4,7-8H2,1H3/q+1. The average Bonchev–Trinajstić information content (AvgIpc) is 2.30. The second-order valence-corrected chi connectivity index (χ2v) is 4.32. The van der Waals surface area contributed by atoms with Gasteiger partial charge in [0, 0.05) is 25.5 Å². The summed E-state index contributed by atoms with van der Waals surface area (Å²) < 4.78 is 7.56. The van der Waals surface area contributed by atoms with Crippen molar-refractivity contribution in [3.05, 3.63) is 30.6 Å². The number of nitrogens with zero attached hydrogens (tertiary/aromatic N) is 1. The third kappa shape index (κ3) is 2.60. The summed E-state index contributed by atoms with van der Waals surface area (Å²) in [6.07, 6.45) is 8.57. The molecule has 1 aromatic heterocycles. The van der Waals surface area contributed by atoms with E-state index in [-0.39, 0.29) is 12.1 Å². The number of aromatic nitrogens is 1. The highest BCUT2D eigenvalue weighted by Gasteiger charge is 2.34. The van der Waals surface area contributed by atoms with Crippen molar-refractivity contribution >= 4 is 5.97 Å². The van der Waals surface area contributed by atoms with Crippen LogP contribution in [0.25, 0.3) is 0 Å². The number of hydrogen-bond donors (Lipinski definition) is 0. The Balaban J connectivity index is 2.13. The molecule has 2 atom stereocenters. The number of esters is 1. The topological polar surface area (TPSA) is 30.2 Å². The predicted molar refractivity (Wildman–Crippen MR) is 59.7 cm³/mol. The van der Waals surface area contributed by atoms with Crippen LogP contribution in [0.15, 0.2) is 30.6 Å². The number of carbonyl (C=O) groups is 1. The van der Waals surface area contributed by atoms with Gasteiger partial charge in [-0.2, -0.15) is 4.57 Å².